The molecule has 0 unspecified atom stereocenters. The van der Waals surface area contributed by atoms with Gasteiger partial charge in [-0.25, -0.2) is 4.39 Å². The van der Waals surface area contributed by atoms with Crippen molar-refractivity contribution in [2.75, 3.05) is 13.2 Å². The number of amides is 1. The van der Waals surface area contributed by atoms with E-state index in [1.54, 1.807) is 12.1 Å². The summed E-state index contributed by atoms with van der Waals surface area (Å²) in [5.41, 5.74) is 0.892. The summed E-state index contributed by atoms with van der Waals surface area (Å²) in [6, 6.07) is 6.09. The van der Waals surface area contributed by atoms with E-state index in [-0.39, 0.29) is 30.0 Å². The van der Waals surface area contributed by atoms with Crippen LogP contribution in [0.25, 0.3) is 0 Å². The third kappa shape index (κ3) is 4.52. The third-order valence-electron chi connectivity index (χ3n) is 4.60. The molecular weight excluding hydrogens is 297 g/mol. The van der Waals surface area contributed by atoms with E-state index in [0.29, 0.717) is 13.0 Å². The van der Waals surface area contributed by atoms with Gasteiger partial charge in [-0.05, 0) is 49.8 Å². The summed E-state index contributed by atoms with van der Waals surface area (Å²) in [6.45, 7) is 1.52. The number of hydrogen-bond donors (Lipinski definition) is 1. The van der Waals surface area contributed by atoms with Crippen LogP contribution in [0.3, 0.4) is 0 Å². The van der Waals surface area contributed by atoms with Crippen LogP contribution in [0.15, 0.2) is 24.3 Å². The van der Waals surface area contributed by atoms with Gasteiger partial charge >= 0.3 is 0 Å². The average Bonchev–Trinajstić information content (AvgIpc) is 3.25. The molecule has 23 heavy (non-hydrogen) atoms. The predicted molar refractivity (Wildman–Crippen MR) is 84.5 cm³/mol. The van der Waals surface area contributed by atoms with E-state index in [1.165, 1.54) is 12.1 Å². The Morgan fingerprint density at radius 1 is 1.17 bits per heavy atom. The van der Waals surface area contributed by atoms with Gasteiger partial charge in [0.05, 0.1) is 18.2 Å². The summed E-state index contributed by atoms with van der Waals surface area (Å²) in [7, 11) is 0. The second kappa shape index (κ2) is 7.88. The zero-order chi connectivity index (χ0) is 16.1. The number of rotatable bonds is 6. The topological polar surface area (TPSA) is 47.6 Å². The fourth-order valence-electron chi connectivity index (χ4n) is 3.34. The van der Waals surface area contributed by atoms with E-state index in [2.05, 4.69) is 5.32 Å². The lowest BCUT2D eigenvalue weighted by molar-refractivity contribution is -0.123. The molecule has 2 fully saturated rings. The zero-order valence-electron chi connectivity index (χ0n) is 13.3. The van der Waals surface area contributed by atoms with Gasteiger partial charge in [0.1, 0.15) is 5.82 Å². The minimum atomic E-state index is -0.274. The molecule has 4 nitrogen and oxygen atoms in total. The molecule has 2 aliphatic heterocycles. The van der Waals surface area contributed by atoms with Gasteiger partial charge in [0.2, 0.25) is 5.91 Å². The highest BCUT2D eigenvalue weighted by Gasteiger charge is 2.29. The Labute approximate surface area is 136 Å². The molecule has 2 aliphatic rings. The molecule has 0 saturated carbocycles. The minimum absolute atomic E-state index is 0.00493. The summed E-state index contributed by atoms with van der Waals surface area (Å²) in [4.78, 5) is 12.3. The molecule has 1 aromatic carbocycles. The Morgan fingerprint density at radius 2 is 1.91 bits per heavy atom. The summed E-state index contributed by atoms with van der Waals surface area (Å²) in [5, 5.41) is 3.08. The fraction of sp³-hybridized carbons (Fsp3) is 0.611. The molecule has 3 rings (SSSR count). The van der Waals surface area contributed by atoms with Crippen LogP contribution in [0.1, 0.15) is 50.1 Å². The number of carbonyl (C=O) groups excluding carboxylic acids is 1. The van der Waals surface area contributed by atoms with Crippen LogP contribution >= 0.6 is 0 Å². The normalized spacial score (nSPS) is 25.4. The van der Waals surface area contributed by atoms with Crippen molar-refractivity contribution in [1.82, 2.24) is 5.32 Å². The number of benzene rings is 1. The van der Waals surface area contributed by atoms with Gasteiger partial charge in [0, 0.05) is 19.6 Å². The molecule has 1 amide bonds. The minimum Gasteiger partial charge on any atom is -0.378 e. The van der Waals surface area contributed by atoms with Gasteiger partial charge in [-0.3, -0.25) is 4.79 Å². The van der Waals surface area contributed by atoms with Gasteiger partial charge in [-0.15, -0.1) is 0 Å². The molecule has 0 spiro atoms. The zero-order valence-corrected chi connectivity index (χ0v) is 13.3. The average molecular weight is 321 g/mol. The van der Waals surface area contributed by atoms with Crippen molar-refractivity contribution in [3.63, 3.8) is 0 Å². The van der Waals surface area contributed by atoms with Gasteiger partial charge in [0.25, 0.3) is 0 Å². The van der Waals surface area contributed by atoms with Crippen LogP contribution in [-0.4, -0.2) is 31.3 Å². The molecule has 0 radical (unpaired) electrons. The van der Waals surface area contributed by atoms with E-state index in [9.17, 15) is 9.18 Å². The number of ether oxygens (including phenoxy) is 2. The smallest absolute Gasteiger partial charge is 0.220 e. The van der Waals surface area contributed by atoms with Crippen molar-refractivity contribution in [3.05, 3.63) is 35.6 Å². The van der Waals surface area contributed by atoms with Gasteiger partial charge < -0.3 is 14.8 Å². The van der Waals surface area contributed by atoms with Crippen LogP contribution < -0.4 is 5.32 Å². The van der Waals surface area contributed by atoms with Crippen LogP contribution in [0.4, 0.5) is 4.39 Å². The number of halogens is 1. The van der Waals surface area contributed by atoms with Crippen molar-refractivity contribution < 1.29 is 18.7 Å². The Morgan fingerprint density at radius 3 is 2.57 bits per heavy atom. The van der Waals surface area contributed by atoms with Crippen molar-refractivity contribution in [2.24, 2.45) is 0 Å². The first-order valence-electron chi connectivity index (χ1n) is 8.50. The Kier molecular flexibility index (Phi) is 5.62. The van der Waals surface area contributed by atoms with E-state index in [0.717, 1.165) is 44.3 Å². The second-order valence-electron chi connectivity index (χ2n) is 6.32. The lowest BCUT2D eigenvalue weighted by Crippen LogP contribution is -2.36. The molecule has 3 atom stereocenters. The Bertz CT molecular complexity index is 508. The highest BCUT2D eigenvalue weighted by Crippen LogP contribution is 2.27. The SMILES string of the molecule is O=C(CC[C@@H]1CCCO1)N[C@H](c1ccc(F)cc1)[C@@H]1CCCO1. The molecule has 2 saturated heterocycles. The molecular formula is C18H24FNO3. The lowest BCUT2D eigenvalue weighted by Gasteiger charge is -2.25. The van der Waals surface area contributed by atoms with Crippen molar-refractivity contribution in [3.8, 4) is 0 Å². The molecule has 2 heterocycles. The maximum Gasteiger partial charge on any atom is 0.220 e. The highest BCUT2D eigenvalue weighted by atomic mass is 19.1. The summed E-state index contributed by atoms with van der Waals surface area (Å²) >= 11 is 0. The molecule has 0 bridgehead atoms. The van der Waals surface area contributed by atoms with Crippen molar-refractivity contribution >= 4 is 5.91 Å². The first-order valence-corrected chi connectivity index (χ1v) is 8.50. The quantitative estimate of drug-likeness (QED) is 0.876. The molecule has 1 N–H and O–H groups in total. The molecule has 5 heteroatoms. The Balaban J connectivity index is 1.60. The summed E-state index contributed by atoms with van der Waals surface area (Å²) < 4.78 is 24.5. The maximum atomic E-state index is 13.2. The molecule has 1 aromatic rings. The van der Waals surface area contributed by atoms with Crippen LogP contribution in [0.2, 0.25) is 0 Å². The summed E-state index contributed by atoms with van der Waals surface area (Å²) in [5.74, 6) is -0.269. The standard InChI is InChI=1S/C18H24FNO3/c19-14-7-5-13(6-8-14)18(16-4-2-12-23-16)20-17(21)10-9-15-3-1-11-22-15/h5-8,15-16,18H,1-4,9-12H2,(H,20,21)/t15-,16-,18+/m0/s1. The molecule has 126 valence electrons. The first-order chi connectivity index (χ1) is 11.2. The third-order valence-corrected chi connectivity index (χ3v) is 4.60. The van der Waals surface area contributed by atoms with Gasteiger partial charge in [0.15, 0.2) is 0 Å². The Hall–Kier alpha value is -1.46. The van der Waals surface area contributed by atoms with Crippen LogP contribution in [0, 0.1) is 5.82 Å². The van der Waals surface area contributed by atoms with E-state index in [1.807, 2.05) is 0 Å². The monoisotopic (exact) mass is 321 g/mol. The molecule has 0 aromatic heterocycles. The number of nitrogens with one attached hydrogen (secondary N) is 1. The maximum absolute atomic E-state index is 13.2. The van der Waals surface area contributed by atoms with Gasteiger partial charge in [-0.2, -0.15) is 0 Å². The van der Waals surface area contributed by atoms with Crippen LogP contribution in [0.5, 0.6) is 0 Å². The van der Waals surface area contributed by atoms with Gasteiger partial charge in [-0.1, -0.05) is 12.1 Å². The first kappa shape index (κ1) is 16.4. The van der Waals surface area contributed by atoms with E-state index in [4.69, 9.17) is 9.47 Å². The molecule has 0 aliphatic carbocycles. The van der Waals surface area contributed by atoms with Crippen molar-refractivity contribution in [1.29, 1.82) is 0 Å². The van der Waals surface area contributed by atoms with E-state index < -0.39 is 0 Å². The highest BCUT2D eigenvalue weighted by molar-refractivity contribution is 5.76. The lowest BCUT2D eigenvalue weighted by atomic mass is 9.98. The van der Waals surface area contributed by atoms with Crippen molar-refractivity contribution in [2.45, 2.75) is 56.8 Å². The number of carbonyl (C=O) groups is 1. The number of hydrogen-bond acceptors (Lipinski definition) is 3. The predicted octanol–water partition coefficient (Wildman–Crippen LogP) is 3.12. The van der Waals surface area contributed by atoms with E-state index >= 15 is 0 Å². The largest absolute Gasteiger partial charge is 0.378 e. The fourth-order valence-corrected chi connectivity index (χ4v) is 3.34. The summed E-state index contributed by atoms with van der Waals surface area (Å²) in [6.07, 6.45) is 5.42. The second-order valence-corrected chi connectivity index (χ2v) is 6.32. The van der Waals surface area contributed by atoms with Crippen LogP contribution in [-0.2, 0) is 14.3 Å².